The van der Waals surface area contributed by atoms with Crippen LogP contribution in [0.1, 0.15) is 68.1 Å². The molecule has 3 aliphatic heterocycles. The van der Waals surface area contributed by atoms with E-state index in [2.05, 4.69) is 17.1 Å². The van der Waals surface area contributed by atoms with Gasteiger partial charge in [0.25, 0.3) is 5.91 Å². The number of ether oxygens (including phenoxy) is 2. The van der Waals surface area contributed by atoms with Crippen molar-refractivity contribution in [3.8, 4) is 5.75 Å². The summed E-state index contributed by atoms with van der Waals surface area (Å²) in [6.45, 7) is 2.16. The van der Waals surface area contributed by atoms with Gasteiger partial charge in [0.05, 0.1) is 18.2 Å². The zero-order chi connectivity index (χ0) is 35.6. The van der Waals surface area contributed by atoms with E-state index < -0.39 is 34.0 Å². The van der Waals surface area contributed by atoms with Crippen molar-refractivity contribution in [3.05, 3.63) is 70.3 Å². The number of carbonyl (C=O) groups is 2. The molecular formula is C37H49ClN4O7S. The Labute approximate surface area is 300 Å². The van der Waals surface area contributed by atoms with Crippen molar-refractivity contribution in [2.45, 2.75) is 82.1 Å². The summed E-state index contributed by atoms with van der Waals surface area (Å²) in [5, 5.41) is 13.0. The molecule has 2 aromatic carbocycles. The first-order chi connectivity index (χ1) is 23.9. The van der Waals surface area contributed by atoms with Gasteiger partial charge < -0.3 is 24.4 Å². The fraction of sp³-hybridized carbons (Fsp3) is 0.568. The van der Waals surface area contributed by atoms with E-state index in [1.54, 1.807) is 30.2 Å². The van der Waals surface area contributed by atoms with Crippen molar-refractivity contribution in [2.24, 2.45) is 11.8 Å². The molecule has 2 N–H and O–H groups in total. The minimum absolute atomic E-state index is 0.0510. The van der Waals surface area contributed by atoms with Crippen LogP contribution in [0.2, 0.25) is 5.02 Å². The number of hydrogen-bond acceptors (Lipinski definition) is 8. The summed E-state index contributed by atoms with van der Waals surface area (Å²) < 4.78 is 41.1. The monoisotopic (exact) mass is 728 g/mol. The molecule has 0 unspecified atom stereocenters. The molecule has 11 nitrogen and oxygen atoms in total. The third-order valence-corrected chi connectivity index (χ3v) is 12.6. The van der Waals surface area contributed by atoms with Crippen LogP contribution in [-0.4, -0.2) is 87.5 Å². The number of aliphatic hydroxyl groups is 1. The van der Waals surface area contributed by atoms with Crippen molar-refractivity contribution in [1.29, 1.82) is 0 Å². The molecule has 5 atom stereocenters. The fourth-order valence-corrected chi connectivity index (χ4v) is 8.61. The van der Waals surface area contributed by atoms with E-state index in [0.29, 0.717) is 54.4 Å². The number of aryl methyl sites for hydroxylation is 1. The summed E-state index contributed by atoms with van der Waals surface area (Å²) in [6, 6.07) is 10.7. The van der Waals surface area contributed by atoms with Gasteiger partial charge in [0.2, 0.25) is 5.91 Å². The lowest BCUT2D eigenvalue weighted by Gasteiger charge is -2.44. The number of benzene rings is 2. The number of amides is 2. The second-order valence-electron chi connectivity index (χ2n) is 14.3. The number of carbonyl (C=O) groups excluding carboxylic acids is 2. The number of fused-ring (bicyclic) bond motifs is 4. The van der Waals surface area contributed by atoms with Crippen LogP contribution in [0, 0.1) is 11.8 Å². The van der Waals surface area contributed by atoms with Gasteiger partial charge in [0, 0.05) is 51.9 Å². The van der Waals surface area contributed by atoms with Gasteiger partial charge in [0.1, 0.15) is 12.4 Å². The number of rotatable bonds is 4. The molecular weight excluding hydrogens is 680 g/mol. The highest BCUT2D eigenvalue weighted by atomic mass is 35.5. The van der Waals surface area contributed by atoms with E-state index in [1.807, 2.05) is 22.9 Å². The van der Waals surface area contributed by atoms with E-state index in [9.17, 15) is 23.1 Å². The van der Waals surface area contributed by atoms with Crippen LogP contribution in [0.15, 0.2) is 48.6 Å². The molecule has 4 aliphatic rings. The average molecular weight is 729 g/mol. The Morgan fingerprint density at radius 1 is 1.08 bits per heavy atom. The van der Waals surface area contributed by atoms with Crippen molar-refractivity contribution in [1.82, 2.24) is 13.9 Å². The Morgan fingerprint density at radius 3 is 2.64 bits per heavy atom. The number of nitrogens with zero attached hydrogens (tertiary/aromatic N) is 3. The van der Waals surface area contributed by atoms with Gasteiger partial charge in [-0.15, -0.1) is 0 Å². The maximum Gasteiger partial charge on any atom is 0.303 e. The Hall–Kier alpha value is -3.16. The predicted molar refractivity (Wildman–Crippen MR) is 192 cm³/mol. The fourth-order valence-electron chi connectivity index (χ4n) is 7.83. The van der Waals surface area contributed by atoms with Crippen LogP contribution in [0.25, 0.3) is 0 Å². The largest absolute Gasteiger partial charge is 0.487 e. The van der Waals surface area contributed by atoms with Gasteiger partial charge in [-0.05, 0) is 104 Å². The van der Waals surface area contributed by atoms with Crippen LogP contribution < -0.4 is 14.4 Å². The summed E-state index contributed by atoms with van der Waals surface area (Å²) in [7, 11) is 0.0456. The number of methoxy groups -OCH3 is 1. The molecule has 0 radical (unpaired) electrons. The van der Waals surface area contributed by atoms with Crippen molar-refractivity contribution in [2.75, 3.05) is 45.7 Å². The zero-order valence-electron chi connectivity index (χ0n) is 29.1. The number of anilines is 1. The van der Waals surface area contributed by atoms with Crippen LogP contribution >= 0.6 is 11.6 Å². The lowest BCUT2D eigenvalue weighted by atomic mass is 9.70. The van der Waals surface area contributed by atoms with E-state index in [-0.39, 0.29) is 24.3 Å². The molecule has 0 spiro atoms. The van der Waals surface area contributed by atoms with E-state index >= 15 is 0 Å². The molecule has 13 heteroatoms. The first kappa shape index (κ1) is 36.6. The Balaban J connectivity index is 1.47. The van der Waals surface area contributed by atoms with E-state index in [0.717, 1.165) is 60.4 Å². The average Bonchev–Trinajstić information content (AvgIpc) is 3.53. The number of nitrogens with one attached hydrogen (secondary N) is 1. The predicted octanol–water partition coefficient (Wildman–Crippen LogP) is 4.55. The molecule has 1 aliphatic carbocycles. The summed E-state index contributed by atoms with van der Waals surface area (Å²) in [5.74, 6) is -0.414. The van der Waals surface area contributed by atoms with Gasteiger partial charge in [-0.25, -0.2) is 4.72 Å². The number of hydrogen-bond donors (Lipinski definition) is 2. The molecule has 1 saturated carbocycles. The molecule has 2 amide bonds. The molecule has 2 bridgehead atoms. The summed E-state index contributed by atoms with van der Waals surface area (Å²) in [4.78, 5) is 32.0. The zero-order valence-corrected chi connectivity index (χ0v) is 30.7. The lowest BCUT2D eigenvalue weighted by Crippen LogP contribution is -2.52. The van der Waals surface area contributed by atoms with Crippen molar-refractivity contribution < 1.29 is 32.6 Å². The van der Waals surface area contributed by atoms with Crippen LogP contribution in [-0.2, 0) is 43.2 Å². The van der Waals surface area contributed by atoms with E-state index in [4.69, 9.17) is 21.1 Å². The highest BCUT2D eigenvalue weighted by Gasteiger charge is 2.45. The maximum absolute atomic E-state index is 14.0. The summed E-state index contributed by atoms with van der Waals surface area (Å²) >= 11 is 6.37. The summed E-state index contributed by atoms with van der Waals surface area (Å²) in [5.41, 5.74) is 0.466. The highest BCUT2D eigenvalue weighted by molar-refractivity contribution is 7.87. The molecule has 0 aromatic heterocycles. The van der Waals surface area contributed by atoms with Crippen molar-refractivity contribution in [3.63, 3.8) is 0 Å². The third-order valence-electron chi connectivity index (χ3n) is 11.0. The maximum atomic E-state index is 14.0. The lowest BCUT2D eigenvalue weighted by molar-refractivity contribution is -0.149. The highest BCUT2D eigenvalue weighted by Crippen LogP contribution is 2.43. The normalized spacial score (nSPS) is 28.3. The first-order valence-corrected chi connectivity index (χ1v) is 19.5. The second kappa shape index (κ2) is 15.2. The molecule has 6 rings (SSSR count). The topological polar surface area (TPSA) is 129 Å². The van der Waals surface area contributed by atoms with Gasteiger partial charge in [0.15, 0.2) is 5.60 Å². The molecule has 2 aromatic rings. The van der Waals surface area contributed by atoms with Crippen molar-refractivity contribution >= 4 is 39.3 Å². The number of halogens is 1. The molecule has 272 valence electrons. The molecule has 50 heavy (non-hydrogen) atoms. The standard InChI is InChI=1S/C37H49ClN4O7S/c1-40(2)50(46,47)39-36(44)37(45)22-35(43)42-19-7-10-30(42)9-6-11-33(48-3)31-16-13-26(31)23-41-18-5-4-8-25-20-29(38)15-12-27(25)24-49-34-17-14-28(37)21-32(34)41/h6,11-12,14-15,17,20-21,26,30-31,33,45H,4-5,7-10,13,16,18-19,22-24H2,1-3H3,(H,39,44)/b11-6+/t26-,30+,31+,33-,37+/m0/s1. The Kier molecular flexibility index (Phi) is 11.1. The summed E-state index contributed by atoms with van der Waals surface area (Å²) in [6.07, 6.45) is 10.5. The van der Waals surface area contributed by atoms with E-state index in [1.165, 1.54) is 14.1 Å². The van der Waals surface area contributed by atoms with Gasteiger partial charge in [-0.3, -0.25) is 9.59 Å². The van der Waals surface area contributed by atoms with Crippen LogP contribution in [0.3, 0.4) is 0 Å². The SMILES string of the molecule is CO[C@H]1/C=C/C[C@@H]2CCCN2C(=O)C[C@](O)(C(=O)NS(=O)(=O)N(C)C)c2ccc3c(c2)N(CCCCc2cc(Cl)ccc2CO3)C[C@@H]2CC[C@H]21. The quantitative estimate of drug-likeness (QED) is 0.439. The second-order valence-corrected chi connectivity index (χ2v) is 16.6. The minimum Gasteiger partial charge on any atom is -0.487 e. The van der Waals surface area contributed by atoms with Gasteiger partial charge in [-0.2, -0.15) is 12.7 Å². The minimum atomic E-state index is -4.28. The Bertz CT molecular complexity index is 1720. The van der Waals surface area contributed by atoms with Crippen LogP contribution in [0.4, 0.5) is 5.69 Å². The molecule has 1 saturated heterocycles. The molecule has 3 heterocycles. The Morgan fingerprint density at radius 2 is 1.90 bits per heavy atom. The molecule has 2 fully saturated rings. The smallest absolute Gasteiger partial charge is 0.303 e. The van der Waals surface area contributed by atoms with Gasteiger partial charge >= 0.3 is 10.2 Å². The third kappa shape index (κ3) is 7.69. The first-order valence-electron chi connectivity index (χ1n) is 17.6. The van der Waals surface area contributed by atoms with Gasteiger partial charge in [-0.1, -0.05) is 35.9 Å². The van der Waals surface area contributed by atoms with Crippen LogP contribution in [0.5, 0.6) is 5.75 Å².